The highest BCUT2D eigenvalue weighted by Gasteiger charge is 2.45. The number of aryl methyl sites for hydroxylation is 1. The number of rotatable bonds is 3. The Morgan fingerprint density at radius 2 is 2.15 bits per heavy atom. The zero-order valence-electron chi connectivity index (χ0n) is 13.0. The molecule has 1 aromatic rings. The summed E-state index contributed by atoms with van der Waals surface area (Å²) in [5.41, 5.74) is 1.82. The second kappa shape index (κ2) is 5.39. The number of hydrogen-bond donors (Lipinski definition) is 1. The van der Waals surface area contributed by atoms with Crippen LogP contribution in [0.4, 0.5) is 0 Å². The molecule has 1 aromatic heterocycles. The van der Waals surface area contributed by atoms with Crippen molar-refractivity contribution in [3.8, 4) is 0 Å². The van der Waals surface area contributed by atoms with Crippen LogP contribution in [-0.4, -0.2) is 34.1 Å². The minimum absolute atomic E-state index is 0.271. The average molecular weight is 293 g/mol. The summed E-state index contributed by atoms with van der Waals surface area (Å²) >= 11 is 1.81. The van der Waals surface area contributed by atoms with Crippen molar-refractivity contribution in [1.29, 1.82) is 0 Å². The molecule has 1 N–H and O–H groups in total. The topological polar surface area (TPSA) is 28.2 Å². The number of hydrogen-bond acceptors (Lipinski definition) is 4. The summed E-state index contributed by atoms with van der Waals surface area (Å²) in [6, 6.07) is 0. The van der Waals surface area contributed by atoms with E-state index in [1.807, 2.05) is 11.3 Å². The molecule has 112 valence electrons. The van der Waals surface area contributed by atoms with Gasteiger partial charge < -0.3 is 5.32 Å². The van der Waals surface area contributed by atoms with Gasteiger partial charge in [0, 0.05) is 35.2 Å². The van der Waals surface area contributed by atoms with Gasteiger partial charge in [-0.05, 0) is 33.1 Å². The molecule has 0 aromatic carbocycles. The summed E-state index contributed by atoms with van der Waals surface area (Å²) in [7, 11) is 0. The highest BCUT2D eigenvalue weighted by Crippen LogP contribution is 2.37. The lowest BCUT2D eigenvalue weighted by Crippen LogP contribution is -2.67. The molecular weight excluding hydrogens is 266 g/mol. The molecule has 2 heterocycles. The summed E-state index contributed by atoms with van der Waals surface area (Å²) in [5.74, 6) is 0. The van der Waals surface area contributed by atoms with E-state index in [9.17, 15) is 0 Å². The molecule has 0 amide bonds. The molecule has 1 aliphatic carbocycles. The van der Waals surface area contributed by atoms with Crippen molar-refractivity contribution in [2.45, 2.75) is 70.5 Å². The Kier molecular flexibility index (Phi) is 3.91. The Balaban J connectivity index is 1.78. The van der Waals surface area contributed by atoms with Crippen molar-refractivity contribution >= 4 is 11.3 Å². The van der Waals surface area contributed by atoms with E-state index in [-0.39, 0.29) is 5.54 Å². The molecule has 20 heavy (non-hydrogen) atoms. The fraction of sp³-hybridized carbons (Fsp3) is 0.812. The van der Waals surface area contributed by atoms with Crippen LogP contribution in [0.2, 0.25) is 0 Å². The first-order valence-electron chi connectivity index (χ1n) is 7.96. The second-order valence-corrected chi connectivity index (χ2v) is 7.87. The van der Waals surface area contributed by atoms with E-state index in [0.717, 1.165) is 18.8 Å². The molecule has 2 aliphatic rings. The first-order valence-corrected chi connectivity index (χ1v) is 8.84. The summed E-state index contributed by atoms with van der Waals surface area (Å²) in [6.45, 7) is 10.1. The third-order valence-electron chi connectivity index (χ3n) is 5.42. The fourth-order valence-corrected chi connectivity index (χ4v) is 4.51. The van der Waals surface area contributed by atoms with Gasteiger partial charge in [0.15, 0.2) is 0 Å². The number of nitrogens with zero attached hydrogens (tertiary/aromatic N) is 2. The van der Waals surface area contributed by atoms with E-state index in [1.54, 1.807) is 0 Å². The van der Waals surface area contributed by atoms with Gasteiger partial charge >= 0.3 is 0 Å². The Labute approximate surface area is 126 Å². The van der Waals surface area contributed by atoms with E-state index >= 15 is 0 Å². The molecule has 1 atom stereocenters. The van der Waals surface area contributed by atoms with Crippen molar-refractivity contribution in [3.05, 3.63) is 16.1 Å². The van der Waals surface area contributed by atoms with Gasteiger partial charge in [0.05, 0.1) is 6.54 Å². The zero-order valence-corrected chi connectivity index (χ0v) is 13.9. The molecule has 3 rings (SSSR count). The van der Waals surface area contributed by atoms with Gasteiger partial charge in [-0.3, -0.25) is 4.90 Å². The molecule has 0 radical (unpaired) electrons. The number of nitrogens with one attached hydrogen (secondary N) is 1. The quantitative estimate of drug-likeness (QED) is 0.926. The second-order valence-electron chi connectivity index (χ2n) is 6.93. The third kappa shape index (κ3) is 2.66. The molecule has 2 fully saturated rings. The molecule has 1 saturated heterocycles. The predicted molar refractivity (Wildman–Crippen MR) is 85.2 cm³/mol. The van der Waals surface area contributed by atoms with E-state index in [4.69, 9.17) is 0 Å². The minimum atomic E-state index is 0.271. The van der Waals surface area contributed by atoms with Crippen LogP contribution in [-0.2, 0) is 6.54 Å². The zero-order chi connectivity index (χ0) is 14.2. The summed E-state index contributed by atoms with van der Waals surface area (Å²) in [5, 5.41) is 7.35. The van der Waals surface area contributed by atoms with Gasteiger partial charge in [0.2, 0.25) is 0 Å². The van der Waals surface area contributed by atoms with Crippen molar-refractivity contribution < 1.29 is 0 Å². The van der Waals surface area contributed by atoms with Gasteiger partial charge in [-0.2, -0.15) is 0 Å². The average Bonchev–Trinajstić information content (AvgIpc) is 3.05. The molecule has 4 heteroatoms. The first-order chi connectivity index (χ1) is 9.55. The van der Waals surface area contributed by atoms with Crippen molar-refractivity contribution in [2.24, 2.45) is 0 Å². The number of piperazine rings is 1. The van der Waals surface area contributed by atoms with Gasteiger partial charge in [-0.15, -0.1) is 11.3 Å². The van der Waals surface area contributed by atoms with Crippen molar-refractivity contribution in [1.82, 2.24) is 15.2 Å². The maximum atomic E-state index is 4.68. The van der Waals surface area contributed by atoms with Crippen molar-refractivity contribution in [2.75, 3.05) is 13.1 Å². The van der Waals surface area contributed by atoms with Crippen LogP contribution >= 0.6 is 11.3 Å². The van der Waals surface area contributed by atoms with Crippen LogP contribution in [0.5, 0.6) is 0 Å². The SMILES string of the molecule is CCC1(C)CNC2(CCCC2)CN1Cc1nc(C)cs1. The Hall–Kier alpha value is -0.450. The molecule has 1 spiro atoms. The van der Waals surface area contributed by atoms with E-state index in [2.05, 4.69) is 41.4 Å². The Bertz CT molecular complexity index is 464. The van der Waals surface area contributed by atoms with Crippen LogP contribution < -0.4 is 5.32 Å². The highest BCUT2D eigenvalue weighted by molar-refractivity contribution is 7.09. The van der Waals surface area contributed by atoms with Crippen LogP contribution in [0.15, 0.2) is 5.38 Å². The lowest BCUT2D eigenvalue weighted by molar-refractivity contribution is 0.00773. The molecule has 3 nitrogen and oxygen atoms in total. The van der Waals surface area contributed by atoms with E-state index < -0.39 is 0 Å². The Morgan fingerprint density at radius 3 is 2.75 bits per heavy atom. The molecular formula is C16H27N3S. The maximum Gasteiger partial charge on any atom is 0.107 e. The number of thiazole rings is 1. The predicted octanol–water partition coefficient (Wildman–Crippen LogP) is 3.34. The Morgan fingerprint density at radius 1 is 1.40 bits per heavy atom. The van der Waals surface area contributed by atoms with Gasteiger partial charge in [-0.25, -0.2) is 4.98 Å². The van der Waals surface area contributed by atoms with Gasteiger partial charge in [0.1, 0.15) is 5.01 Å². The lowest BCUT2D eigenvalue weighted by Gasteiger charge is -2.52. The molecule has 1 aliphatic heterocycles. The van der Waals surface area contributed by atoms with E-state index in [0.29, 0.717) is 5.54 Å². The van der Waals surface area contributed by atoms with Gasteiger partial charge in [0.25, 0.3) is 0 Å². The highest BCUT2D eigenvalue weighted by atomic mass is 32.1. The van der Waals surface area contributed by atoms with Gasteiger partial charge in [-0.1, -0.05) is 19.8 Å². The standard InChI is InChI=1S/C16H27N3S/c1-4-15(3)11-17-16(7-5-6-8-16)12-19(15)9-14-18-13(2)10-20-14/h10,17H,4-9,11-12H2,1-3H3. The van der Waals surface area contributed by atoms with Crippen molar-refractivity contribution in [3.63, 3.8) is 0 Å². The third-order valence-corrected chi connectivity index (χ3v) is 6.37. The molecule has 0 bridgehead atoms. The van der Waals surface area contributed by atoms with Crippen LogP contribution in [0.25, 0.3) is 0 Å². The molecule has 1 saturated carbocycles. The van der Waals surface area contributed by atoms with Crippen LogP contribution in [0, 0.1) is 6.92 Å². The summed E-state index contributed by atoms with van der Waals surface area (Å²) in [6.07, 6.45) is 6.67. The minimum Gasteiger partial charge on any atom is -0.308 e. The number of aromatic nitrogens is 1. The summed E-state index contributed by atoms with van der Waals surface area (Å²) < 4.78 is 0. The first kappa shape index (κ1) is 14.5. The smallest absolute Gasteiger partial charge is 0.107 e. The summed E-state index contributed by atoms with van der Waals surface area (Å²) in [4.78, 5) is 7.38. The largest absolute Gasteiger partial charge is 0.308 e. The van der Waals surface area contributed by atoms with Crippen LogP contribution in [0.1, 0.15) is 56.7 Å². The van der Waals surface area contributed by atoms with Crippen LogP contribution in [0.3, 0.4) is 0 Å². The normalized spacial score (nSPS) is 30.1. The monoisotopic (exact) mass is 293 g/mol. The fourth-order valence-electron chi connectivity index (χ4n) is 3.72. The molecule has 1 unspecified atom stereocenters. The maximum absolute atomic E-state index is 4.68. The lowest BCUT2D eigenvalue weighted by atomic mass is 9.85. The van der Waals surface area contributed by atoms with E-state index in [1.165, 1.54) is 43.7 Å².